The molecule has 0 heterocycles. The number of halogens is 1. The predicted octanol–water partition coefficient (Wildman–Crippen LogP) is 3.00. The van der Waals surface area contributed by atoms with E-state index in [9.17, 15) is 4.79 Å². The fraction of sp³-hybridized carbons (Fsp3) is 0.188. The van der Waals surface area contributed by atoms with Crippen LogP contribution in [-0.2, 0) is 11.2 Å². The molecule has 2 N–H and O–H groups in total. The SMILES string of the molecule is O=C(COc1ccc(CCO)cc1)Nc1ccc(Br)cc1. The number of benzene rings is 2. The van der Waals surface area contributed by atoms with Crippen molar-refractivity contribution in [2.24, 2.45) is 0 Å². The van der Waals surface area contributed by atoms with Gasteiger partial charge in [0.2, 0.25) is 0 Å². The van der Waals surface area contributed by atoms with Crippen molar-refractivity contribution in [3.8, 4) is 5.75 Å². The number of nitrogens with one attached hydrogen (secondary N) is 1. The first-order valence-electron chi connectivity index (χ1n) is 6.55. The normalized spacial score (nSPS) is 10.2. The number of carbonyl (C=O) groups excluding carboxylic acids is 1. The summed E-state index contributed by atoms with van der Waals surface area (Å²) in [5, 5.41) is 11.6. The quantitative estimate of drug-likeness (QED) is 0.842. The summed E-state index contributed by atoms with van der Waals surface area (Å²) in [5.74, 6) is 0.416. The Labute approximate surface area is 131 Å². The number of aliphatic hydroxyl groups excluding tert-OH is 1. The first-order chi connectivity index (χ1) is 10.2. The van der Waals surface area contributed by atoms with Gasteiger partial charge in [0.15, 0.2) is 6.61 Å². The van der Waals surface area contributed by atoms with Crippen molar-refractivity contribution in [2.75, 3.05) is 18.5 Å². The van der Waals surface area contributed by atoms with Gasteiger partial charge in [-0.1, -0.05) is 28.1 Å². The van der Waals surface area contributed by atoms with E-state index in [0.717, 1.165) is 15.7 Å². The van der Waals surface area contributed by atoms with Gasteiger partial charge in [0, 0.05) is 16.8 Å². The third-order valence-electron chi connectivity index (χ3n) is 2.82. The maximum Gasteiger partial charge on any atom is 0.262 e. The van der Waals surface area contributed by atoms with Crippen LogP contribution in [-0.4, -0.2) is 24.2 Å². The smallest absolute Gasteiger partial charge is 0.262 e. The van der Waals surface area contributed by atoms with Crippen LogP contribution in [0.4, 0.5) is 5.69 Å². The number of hydrogen-bond donors (Lipinski definition) is 2. The van der Waals surface area contributed by atoms with Crippen LogP contribution in [0.5, 0.6) is 5.75 Å². The maximum atomic E-state index is 11.8. The molecule has 0 radical (unpaired) electrons. The molecule has 0 aliphatic rings. The van der Waals surface area contributed by atoms with Crippen LogP contribution < -0.4 is 10.1 Å². The number of carbonyl (C=O) groups is 1. The highest BCUT2D eigenvalue weighted by Crippen LogP contribution is 2.15. The molecule has 2 aromatic carbocycles. The third-order valence-corrected chi connectivity index (χ3v) is 3.35. The van der Waals surface area contributed by atoms with Gasteiger partial charge in [0.05, 0.1) is 0 Å². The number of rotatable bonds is 6. The molecular formula is C16H16BrNO3. The average Bonchev–Trinajstić information content (AvgIpc) is 2.49. The Bertz CT molecular complexity index is 581. The molecule has 0 atom stereocenters. The molecule has 0 saturated carbocycles. The van der Waals surface area contributed by atoms with Crippen molar-refractivity contribution in [3.05, 3.63) is 58.6 Å². The van der Waals surface area contributed by atoms with Crippen LogP contribution in [0.25, 0.3) is 0 Å². The Kier molecular flexibility index (Phi) is 5.78. The molecule has 4 nitrogen and oxygen atoms in total. The highest BCUT2D eigenvalue weighted by Gasteiger charge is 2.04. The Morgan fingerprint density at radius 2 is 1.76 bits per heavy atom. The van der Waals surface area contributed by atoms with E-state index in [1.54, 1.807) is 12.1 Å². The zero-order chi connectivity index (χ0) is 15.1. The van der Waals surface area contributed by atoms with Crippen LogP contribution in [0.3, 0.4) is 0 Å². The third kappa shape index (κ3) is 5.21. The Morgan fingerprint density at radius 3 is 2.38 bits per heavy atom. The summed E-state index contributed by atoms with van der Waals surface area (Å²) in [5.41, 5.74) is 1.76. The number of aliphatic hydroxyl groups is 1. The van der Waals surface area contributed by atoms with Crippen molar-refractivity contribution < 1.29 is 14.6 Å². The van der Waals surface area contributed by atoms with Gasteiger partial charge in [-0.15, -0.1) is 0 Å². The van der Waals surface area contributed by atoms with Gasteiger partial charge in [-0.3, -0.25) is 4.79 Å². The molecule has 2 rings (SSSR count). The van der Waals surface area contributed by atoms with E-state index in [0.29, 0.717) is 12.2 Å². The number of anilines is 1. The van der Waals surface area contributed by atoms with E-state index in [1.165, 1.54) is 0 Å². The van der Waals surface area contributed by atoms with E-state index in [4.69, 9.17) is 9.84 Å². The largest absolute Gasteiger partial charge is 0.484 e. The first kappa shape index (κ1) is 15.5. The fourth-order valence-electron chi connectivity index (χ4n) is 1.76. The number of ether oxygens (including phenoxy) is 1. The lowest BCUT2D eigenvalue weighted by Crippen LogP contribution is -2.20. The summed E-state index contributed by atoms with van der Waals surface area (Å²) in [4.78, 5) is 11.8. The summed E-state index contributed by atoms with van der Waals surface area (Å²) in [6.45, 7) is 0.0746. The summed E-state index contributed by atoms with van der Waals surface area (Å²) >= 11 is 3.34. The molecule has 0 spiro atoms. The number of amides is 1. The molecule has 110 valence electrons. The second kappa shape index (κ2) is 7.81. The van der Waals surface area contributed by atoms with Gasteiger partial charge in [-0.25, -0.2) is 0 Å². The summed E-state index contributed by atoms with van der Waals surface area (Å²) in [7, 11) is 0. The van der Waals surface area contributed by atoms with Crippen LogP contribution in [0.2, 0.25) is 0 Å². The van der Waals surface area contributed by atoms with Gasteiger partial charge in [0.25, 0.3) is 5.91 Å². The standard InChI is InChI=1S/C16H16BrNO3/c17-13-3-5-14(6-4-13)18-16(20)11-21-15-7-1-12(2-8-15)9-10-19/h1-8,19H,9-11H2,(H,18,20). The molecule has 21 heavy (non-hydrogen) atoms. The van der Waals surface area contributed by atoms with Crippen LogP contribution in [0, 0.1) is 0 Å². The summed E-state index contributed by atoms with van der Waals surface area (Å²) in [6, 6.07) is 14.7. The number of hydrogen-bond acceptors (Lipinski definition) is 3. The van der Waals surface area contributed by atoms with E-state index in [-0.39, 0.29) is 19.1 Å². The van der Waals surface area contributed by atoms with E-state index in [2.05, 4.69) is 21.2 Å². The molecule has 5 heteroatoms. The van der Waals surface area contributed by atoms with Gasteiger partial charge in [0.1, 0.15) is 5.75 Å². The molecule has 0 aromatic heterocycles. The van der Waals surface area contributed by atoms with Crippen molar-refractivity contribution >= 4 is 27.5 Å². The van der Waals surface area contributed by atoms with Crippen molar-refractivity contribution in [3.63, 3.8) is 0 Å². The zero-order valence-electron chi connectivity index (χ0n) is 11.4. The molecule has 0 unspecified atom stereocenters. The van der Waals surface area contributed by atoms with E-state index < -0.39 is 0 Å². The van der Waals surface area contributed by atoms with Crippen molar-refractivity contribution in [1.29, 1.82) is 0 Å². The van der Waals surface area contributed by atoms with Gasteiger partial charge >= 0.3 is 0 Å². The average molecular weight is 350 g/mol. The Balaban J connectivity index is 1.81. The van der Waals surface area contributed by atoms with E-state index in [1.807, 2.05) is 36.4 Å². The highest BCUT2D eigenvalue weighted by molar-refractivity contribution is 9.10. The van der Waals surface area contributed by atoms with Gasteiger partial charge in [-0.05, 0) is 48.4 Å². The van der Waals surface area contributed by atoms with Gasteiger partial charge < -0.3 is 15.2 Å². The van der Waals surface area contributed by atoms with Gasteiger partial charge in [-0.2, -0.15) is 0 Å². The molecule has 2 aromatic rings. The van der Waals surface area contributed by atoms with E-state index >= 15 is 0 Å². The predicted molar refractivity (Wildman–Crippen MR) is 85.5 cm³/mol. The topological polar surface area (TPSA) is 58.6 Å². The first-order valence-corrected chi connectivity index (χ1v) is 7.34. The lowest BCUT2D eigenvalue weighted by atomic mass is 10.1. The van der Waals surface area contributed by atoms with Crippen molar-refractivity contribution in [1.82, 2.24) is 0 Å². The van der Waals surface area contributed by atoms with Crippen LogP contribution in [0.15, 0.2) is 53.0 Å². The minimum atomic E-state index is -0.211. The molecular weight excluding hydrogens is 334 g/mol. The minimum Gasteiger partial charge on any atom is -0.484 e. The second-order valence-electron chi connectivity index (χ2n) is 4.46. The Morgan fingerprint density at radius 1 is 1.10 bits per heavy atom. The van der Waals surface area contributed by atoms with Crippen LogP contribution >= 0.6 is 15.9 Å². The maximum absolute atomic E-state index is 11.8. The van der Waals surface area contributed by atoms with Crippen molar-refractivity contribution in [2.45, 2.75) is 6.42 Å². The molecule has 0 bridgehead atoms. The minimum absolute atomic E-state index is 0.0462. The molecule has 0 aliphatic heterocycles. The summed E-state index contributed by atoms with van der Waals surface area (Å²) in [6.07, 6.45) is 0.615. The lowest BCUT2D eigenvalue weighted by molar-refractivity contribution is -0.118. The monoisotopic (exact) mass is 349 g/mol. The molecule has 0 aliphatic carbocycles. The molecule has 0 saturated heterocycles. The zero-order valence-corrected chi connectivity index (χ0v) is 13.0. The van der Waals surface area contributed by atoms with Crippen LogP contribution in [0.1, 0.15) is 5.56 Å². The Hall–Kier alpha value is -1.85. The molecule has 0 fully saturated rings. The molecule has 1 amide bonds. The fourth-order valence-corrected chi connectivity index (χ4v) is 2.02. The second-order valence-corrected chi connectivity index (χ2v) is 5.38. The lowest BCUT2D eigenvalue weighted by Gasteiger charge is -2.08. The summed E-state index contributed by atoms with van der Waals surface area (Å²) < 4.78 is 6.37. The highest BCUT2D eigenvalue weighted by atomic mass is 79.9.